The van der Waals surface area contributed by atoms with Crippen molar-refractivity contribution in [3.05, 3.63) is 29.3 Å². The van der Waals surface area contributed by atoms with Crippen molar-refractivity contribution in [1.29, 1.82) is 5.26 Å². The van der Waals surface area contributed by atoms with Crippen molar-refractivity contribution in [3.8, 4) is 6.07 Å². The molecule has 1 heterocycles. The third-order valence-electron chi connectivity index (χ3n) is 2.91. The van der Waals surface area contributed by atoms with E-state index in [-0.39, 0.29) is 21.9 Å². The number of amides is 1. The monoisotopic (exact) mass is 314 g/mol. The van der Waals surface area contributed by atoms with Gasteiger partial charge in [0.15, 0.2) is 0 Å². The number of benzene rings is 1. The molecular weight excluding hydrogens is 304 g/mol. The van der Waals surface area contributed by atoms with E-state index in [4.69, 9.17) is 20.7 Å². The summed E-state index contributed by atoms with van der Waals surface area (Å²) in [7, 11) is 1.20. The van der Waals surface area contributed by atoms with Crippen LogP contribution >= 0.6 is 10.7 Å². The zero-order valence-corrected chi connectivity index (χ0v) is 11.9. The minimum atomic E-state index is -4.08. The van der Waals surface area contributed by atoms with Gasteiger partial charge < -0.3 is 9.64 Å². The molecule has 20 heavy (non-hydrogen) atoms. The van der Waals surface area contributed by atoms with Gasteiger partial charge in [-0.2, -0.15) is 5.26 Å². The first-order valence-corrected chi connectivity index (χ1v) is 8.10. The first kappa shape index (κ1) is 14.8. The lowest BCUT2D eigenvalue weighted by atomic mass is 10.1. The number of ether oxygens (including phenoxy) is 1. The number of nitriles is 1. The summed E-state index contributed by atoms with van der Waals surface area (Å²) >= 11 is 0. The van der Waals surface area contributed by atoms with Gasteiger partial charge in [0.1, 0.15) is 11.0 Å². The molecule has 1 amide bonds. The van der Waals surface area contributed by atoms with Gasteiger partial charge in [-0.25, -0.2) is 8.42 Å². The van der Waals surface area contributed by atoms with Crippen molar-refractivity contribution < 1.29 is 17.9 Å². The zero-order chi connectivity index (χ0) is 14.8. The average molecular weight is 315 g/mol. The summed E-state index contributed by atoms with van der Waals surface area (Å²) in [5.41, 5.74) is 0.101. The number of rotatable bonds is 2. The van der Waals surface area contributed by atoms with E-state index >= 15 is 0 Å². The Hall–Kier alpha value is -1.62. The molecule has 1 aromatic rings. The van der Waals surface area contributed by atoms with Crippen LogP contribution in [0, 0.1) is 11.3 Å². The van der Waals surface area contributed by atoms with Crippen molar-refractivity contribution >= 4 is 25.6 Å². The highest BCUT2D eigenvalue weighted by molar-refractivity contribution is 8.13. The van der Waals surface area contributed by atoms with E-state index in [1.807, 2.05) is 0 Å². The molecule has 1 saturated heterocycles. The van der Waals surface area contributed by atoms with Crippen LogP contribution in [0.3, 0.4) is 0 Å². The van der Waals surface area contributed by atoms with Crippen LogP contribution in [-0.2, 0) is 13.8 Å². The van der Waals surface area contributed by atoms with E-state index in [9.17, 15) is 13.2 Å². The lowest BCUT2D eigenvalue weighted by Gasteiger charge is -2.27. The number of carbonyl (C=O) groups is 1. The molecule has 0 aliphatic carbocycles. The van der Waals surface area contributed by atoms with Crippen LogP contribution in [-0.4, -0.2) is 45.5 Å². The normalized spacial score (nSPS) is 15.7. The van der Waals surface area contributed by atoms with Crippen molar-refractivity contribution in [1.82, 2.24) is 4.90 Å². The SMILES string of the molecule is N#Cc1ccc(C(=O)N2CCOCC2)cc1S(=O)(=O)Cl. The Morgan fingerprint density at radius 2 is 2.00 bits per heavy atom. The predicted molar refractivity (Wildman–Crippen MR) is 70.9 cm³/mol. The summed E-state index contributed by atoms with van der Waals surface area (Å²) in [5.74, 6) is -0.306. The first-order valence-electron chi connectivity index (χ1n) is 5.79. The molecule has 0 N–H and O–H groups in total. The van der Waals surface area contributed by atoms with Gasteiger partial charge in [0.25, 0.3) is 15.0 Å². The second-order valence-electron chi connectivity index (χ2n) is 4.17. The molecule has 0 aromatic heterocycles. The van der Waals surface area contributed by atoms with Gasteiger partial charge in [-0.3, -0.25) is 4.79 Å². The standard InChI is InChI=1S/C12H11ClN2O4S/c13-20(17,18)11-7-9(1-2-10(11)8-14)12(16)15-3-5-19-6-4-15/h1-2,7H,3-6H2. The van der Waals surface area contributed by atoms with Gasteiger partial charge >= 0.3 is 0 Å². The predicted octanol–water partition coefficient (Wildman–Crippen LogP) is 0.958. The van der Waals surface area contributed by atoms with E-state index < -0.39 is 9.05 Å². The minimum Gasteiger partial charge on any atom is -0.378 e. The molecule has 0 bridgehead atoms. The molecule has 8 heteroatoms. The van der Waals surface area contributed by atoms with Crippen LogP contribution < -0.4 is 0 Å². The Morgan fingerprint density at radius 1 is 1.35 bits per heavy atom. The smallest absolute Gasteiger partial charge is 0.262 e. The summed E-state index contributed by atoms with van der Waals surface area (Å²) in [6.45, 7) is 1.79. The Kier molecular flexibility index (Phi) is 4.28. The first-order chi connectivity index (χ1) is 9.43. The fraction of sp³-hybridized carbons (Fsp3) is 0.333. The lowest BCUT2D eigenvalue weighted by Crippen LogP contribution is -2.40. The third-order valence-corrected chi connectivity index (χ3v) is 4.27. The van der Waals surface area contributed by atoms with E-state index in [0.717, 1.165) is 6.07 Å². The molecular formula is C12H11ClN2O4S. The van der Waals surface area contributed by atoms with Gasteiger partial charge in [0.2, 0.25) is 0 Å². The maximum atomic E-state index is 12.2. The summed E-state index contributed by atoms with van der Waals surface area (Å²) in [4.78, 5) is 13.4. The molecule has 1 aliphatic heterocycles. The Labute approximate surface area is 120 Å². The van der Waals surface area contributed by atoms with Crippen molar-refractivity contribution in [3.63, 3.8) is 0 Å². The quantitative estimate of drug-likeness (QED) is 0.759. The van der Waals surface area contributed by atoms with E-state index in [0.29, 0.717) is 26.3 Å². The average Bonchev–Trinajstić information content (AvgIpc) is 2.46. The summed E-state index contributed by atoms with van der Waals surface area (Å²) in [6, 6.07) is 5.58. The third kappa shape index (κ3) is 3.10. The molecule has 0 spiro atoms. The molecule has 2 rings (SSSR count). The van der Waals surface area contributed by atoms with Crippen LogP contribution in [0.25, 0.3) is 0 Å². The molecule has 1 aliphatic rings. The summed E-state index contributed by atoms with van der Waals surface area (Å²) < 4.78 is 28.0. The maximum absolute atomic E-state index is 12.2. The molecule has 0 saturated carbocycles. The lowest BCUT2D eigenvalue weighted by molar-refractivity contribution is 0.0302. The molecule has 0 radical (unpaired) electrons. The topological polar surface area (TPSA) is 87.5 Å². The number of halogens is 1. The number of carbonyl (C=O) groups excluding carboxylic acids is 1. The minimum absolute atomic E-state index is 0.0847. The van der Waals surface area contributed by atoms with Crippen LogP contribution in [0.5, 0.6) is 0 Å². The van der Waals surface area contributed by atoms with Crippen LogP contribution in [0.2, 0.25) is 0 Å². The van der Waals surface area contributed by atoms with Gasteiger partial charge in [-0.05, 0) is 18.2 Å². The Bertz CT molecular complexity index is 675. The molecule has 0 atom stereocenters. The van der Waals surface area contributed by atoms with Crippen LogP contribution in [0.4, 0.5) is 0 Å². The molecule has 1 fully saturated rings. The van der Waals surface area contributed by atoms with Crippen LogP contribution in [0.15, 0.2) is 23.1 Å². The highest BCUT2D eigenvalue weighted by atomic mass is 35.7. The highest BCUT2D eigenvalue weighted by Gasteiger charge is 2.22. The largest absolute Gasteiger partial charge is 0.378 e. The van der Waals surface area contributed by atoms with Gasteiger partial charge in [-0.15, -0.1) is 0 Å². The summed E-state index contributed by atoms with van der Waals surface area (Å²) in [5, 5.41) is 8.88. The second kappa shape index (κ2) is 5.79. The Morgan fingerprint density at radius 3 is 2.55 bits per heavy atom. The van der Waals surface area contributed by atoms with E-state index in [2.05, 4.69) is 0 Å². The molecule has 0 unspecified atom stereocenters. The van der Waals surface area contributed by atoms with Crippen molar-refractivity contribution in [2.24, 2.45) is 0 Å². The number of hydrogen-bond acceptors (Lipinski definition) is 5. The van der Waals surface area contributed by atoms with Gasteiger partial charge in [0.05, 0.1) is 18.8 Å². The Balaban J connectivity index is 2.39. The highest BCUT2D eigenvalue weighted by Crippen LogP contribution is 2.22. The zero-order valence-electron chi connectivity index (χ0n) is 10.4. The molecule has 6 nitrogen and oxygen atoms in total. The number of nitrogens with zero attached hydrogens (tertiary/aromatic N) is 2. The summed E-state index contributed by atoms with van der Waals surface area (Å²) in [6.07, 6.45) is 0. The fourth-order valence-corrected chi connectivity index (χ4v) is 2.93. The number of hydrogen-bond donors (Lipinski definition) is 0. The van der Waals surface area contributed by atoms with E-state index in [1.54, 1.807) is 11.0 Å². The maximum Gasteiger partial charge on any atom is 0.262 e. The second-order valence-corrected chi connectivity index (χ2v) is 6.70. The van der Waals surface area contributed by atoms with Crippen LogP contribution in [0.1, 0.15) is 15.9 Å². The van der Waals surface area contributed by atoms with Gasteiger partial charge in [-0.1, -0.05) is 0 Å². The fourth-order valence-electron chi connectivity index (χ4n) is 1.90. The van der Waals surface area contributed by atoms with Crippen molar-refractivity contribution in [2.75, 3.05) is 26.3 Å². The molecule has 1 aromatic carbocycles. The van der Waals surface area contributed by atoms with Crippen molar-refractivity contribution in [2.45, 2.75) is 4.90 Å². The molecule has 106 valence electrons. The van der Waals surface area contributed by atoms with Gasteiger partial charge in [0, 0.05) is 29.3 Å². The van der Waals surface area contributed by atoms with E-state index in [1.165, 1.54) is 12.1 Å². The number of morpholine rings is 1.